The fraction of sp³-hybridized carbons (Fsp3) is 0.333. The SMILES string of the molecule is CO[Si](OC)(OC)c1ccc(S(=O)c2ccc([Si](OC)(OC)OC)cc2)cc1. The van der Waals surface area contributed by atoms with E-state index < -0.39 is 28.4 Å². The van der Waals surface area contributed by atoms with E-state index in [0.717, 1.165) is 10.4 Å². The number of hydrogen-bond donors (Lipinski definition) is 0. The molecule has 7 nitrogen and oxygen atoms in total. The summed E-state index contributed by atoms with van der Waals surface area (Å²) in [4.78, 5) is 1.33. The lowest BCUT2D eigenvalue weighted by Crippen LogP contribution is -2.54. The minimum Gasteiger partial charge on any atom is -0.373 e. The molecule has 10 heteroatoms. The van der Waals surface area contributed by atoms with E-state index in [9.17, 15) is 4.21 Å². The molecule has 0 bridgehead atoms. The van der Waals surface area contributed by atoms with Crippen molar-refractivity contribution in [3.05, 3.63) is 48.5 Å². The predicted molar refractivity (Wildman–Crippen MR) is 110 cm³/mol. The first kappa shape index (κ1) is 23.1. The minimum absolute atomic E-state index is 0.663. The molecule has 0 saturated heterocycles. The van der Waals surface area contributed by atoms with E-state index in [-0.39, 0.29) is 0 Å². The molecular formula is C18H26O7SSi2. The molecule has 0 atom stereocenters. The molecule has 2 aromatic rings. The normalized spacial score (nSPS) is 12.5. The minimum atomic E-state index is -2.91. The van der Waals surface area contributed by atoms with Gasteiger partial charge in [-0.1, -0.05) is 24.3 Å². The molecule has 0 amide bonds. The fourth-order valence-electron chi connectivity index (χ4n) is 2.91. The third-order valence-electron chi connectivity index (χ3n) is 4.46. The van der Waals surface area contributed by atoms with Gasteiger partial charge in [0, 0.05) is 62.8 Å². The Kier molecular flexibility index (Phi) is 8.24. The lowest BCUT2D eigenvalue weighted by molar-refractivity contribution is 0.140. The summed E-state index contributed by atoms with van der Waals surface area (Å²) in [5.74, 6) is 0. The highest BCUT2D eigenvalue weighted by atomic mass is 32.2. The number of hydrogen-bond acceptors (Lipinski definition) is 7. The summed E-state index contributed by atoms with van der Waals surface area (Å²) in [6.07, 6.45) is 0. The molecule has 28 heavy (non-hydrogen) atoms. The monoisotopic (exact) mass is 442 g/mol. The Morgan fingerprint density at radius 3 is 1.00 bits per heavy atom. The summed E-state index contributed by atoms with van der Waals surface area (Å²) in [6.45, 7) is 0. The average molecular weight is 443 g/mol. The van der Waals surface area contributed by atoms with Crippen molar-refractivity contribution in [2.75, 3.05) is 42.7 Å². The van der Waals surface area contributed by atoms with E-state index in [1.54, 1.807) is 66.9 Å². The Morgan fingerprint density at radius 1 is 0.536 bits per heavy atom. The lowest BCUT2D eigenvalue weighted by atomic mass is 10.4. The Hall–Kier alpha value is -1.22. The molecule has 0 heterocycles. The zero-order valence-electron chi connectivity index (χ0n) is 16.9. The van der Waals surface area contributed by atoms with Crippen LogP contribution < -0.4 is 10.4 Å². The summed E-state index contributed by atoms with van der Waals surface area (Å²) >= 11 is 0. The maximum Gasteiger partial charge on any atom is 0.536 e. The number of benzene rings is 2. The van der Waals surface area contributed by atoms with Crippen molar-refractivity contribution in [2.24, 2.45) is 0 Å². The van der Waals surface area contributed by atoms with Crippen LogP contribution in [0.3, 0.4) is 0 Å². The van der Waals surface area contributed by atoms with Gasteiger partial charge in [-0.25, -0.2) is 4.21 Å². The maximum absolute atomic E-state index is 12.9. The van der Waals surface area contributed by atoms with Crippen LogP contribution in [0.4, 0.5) is 0 Å². The van der Waals surface area contributed by atoms with Crippen LogP contribution >= 0.6 is 0 Å². The first-order valence-corrected chi connectivity index (χ1v) is 13.0. The van der Waals surface area contributed by atoms with Gasteiger partial charge in [-0.3, -0.25) is 0 Å². The van der Waals surface area contributed by atoms with E-state index in [0.29, 0.717) is 9.79 Å². The van der Waals surface area contributed by atoms with Crippen LogP contribution in [0.2, 0.25) is 0 Å². The Bertz CT molecular complexity index is 693. The van der Waals surface area contributed by atoms with Gasteiger partial charge in [0.1, 0.15) is 0 Å². The summed E-state index contributed by atoms with van der Waals surface area (Å²) in [5.41, 5.74) is 0. The third kappa shape index (κ3) is 4.35. The van der Waals surface area contributed by atoms with Gasteiger partial charge in [0.25, 0.3) is 0 Å². The molecule has 0 unspecified atom stereocenters. The Balaban J connectivity index is 2.27. The van der Waals surface area contributed by atoms with Crippen LogP contribution in [0.25, 0.3) is 0 Å². The largest absolute Gasteiger partial charge is 0.536 e. The molecule has 0 radical (unpaired) electrons. The van der Waals surface area contributed by atoms with Crippen molar-refractivity contribution < 1.29 is 30.8 Å². The standard InChI is InChI=1S/C18H26O7SSi2/c1-20-27(21-2,22-3)17-11-7-15(8-12-17)26(19)16-9-13-18(14-10-16)28(23-4,24-5)25-6/h7-14H,1-6H3. The number of rotatable bonds is 10. The van der Waals surface area contributed by atoms with E-state index in [1.807, 2.05) is 24.3 Å². The molecule has 2 aromatic carbocycles. The van der Waals surface area contributed by atoms with E-state index >= 15 is 0 Å². The van der Waals surface area contributed by atoms with Gasteiger partial charge in [-0.15, -0.1) is 0 Å². The molecule has 0 aromatic heterocycles. The zero-order chi connectivity index (χ0) is 20.8. The highest BCUT2D eigenvalue weighted by Gasteiger charge is 2.41. The van der Waals surface area contributed by atoms with Gasteiger partial charge in [-0.2, -0.15) is 0 Å². The van der Waals surface area contributed by atoms with Crippen LogP contribution in [0, 0.1) is 0 Å². The van der Waals surface area contributed by atoms with Crippen LogP contribution in [-0.2, 0) is 37.4 Å². The molecular weight excluding hydrogens is 416 g/mol. The molecule has 0 N–H and O–H groups in total. The van der Waals surface area contributed by atoms with Crippen molar-refractivity contribution >= 4 is 38.8 Å². The molecule has 0 aliphatic rings. The molecule has 154 valence electrons. The van der Waals surface area contributed by atoms with Gasteiger partial charge >= 0.3 is 17.6 Å². The Morgan fingerprint density at radius 2 is 0.786 bits per heavy atom. The molecule has 0 aliphatic carbocycles. The van der Waals surface area contributed by atoms with E-state index in [4.69, 9.17) is 26.6 Å². The van der Waals surface area contributed by atoms with Gasteiger partial charge in [0.2, 0.25) is 0 Å². The van der Waals surface area contributed by atoms with Crippen molar-refractivity contribution in [2.45, 2.75) is 9.79 Å². The average Bonchev–Trinajstić information content (AvgIpc) is 2.77. The topological polar surface area (TPSA) is 72.5 Å². The molecule has 0 spiro atoms. The zero-order valence-corrected chi connectivity index (χ0v) is 19.7. The van der Waals surface area contributed by atoms with Gasteiger partial charge in [0.05, 0.1) is 10.8 Å². The van der Waals surface area contributed by atoms with E-state index in [1.165, 1.54) is 0 Å². The van der Waals surface area contributed by atoms with Crippen molar-refractivity contribution in [3.63, 3.8) is 0 Å². The lowest BCUT2D eigenvalue weighted by Gasteiger charge is -2.24. The third-order valence-corrected chi connectivity index (χ3v) is 11.2. The molecule has 0 fully saturated rings. The van der Waals surface area contributed by atoms with Gasteiger partial charge in [0.15, 0.2) is 0 Å². The van der Waals surface area contributed by atoms with Gasteiger partial charge < -0.3 is 26.6 Å². The maximum atomic E-state index is 12.9. The second kappa shape index (κ2) is 10.0. The Labute approximate surface area is 170 Å². The highest BCUT2D eigenvalue weighted by Crippen LogP contribution is 2.17. The van der Waals surface area contributed by atoms with Crippen LogP contribution in [-0.4, -0.2) is 64.5 Å². The predicted octanol–water partition coefficient (Wildman–Crippen LogP) is 1.02. The summed E-state index contributed by atoms with van der Waals surface area (Å²) < 4.78 is 45.8. The second-order valence-electron chi connectivity index (χ2n) is 5.65. The summed E-state index contributed by atoms with van der Waals surface area (Å²) in [5, 5.41) is 1.60. The quantitative estimate of drug-likeness (QED) is 0.509. The summed E-state index contributed by atoms with van der Waals surface area (Å²) in [7, 11) is 2.15. The van der Waals surface area contributed by atoms with Crippen LogP contribution in [0.1, 0.15) is 0 Å². The smallest absolute Gasteiger partial charge is 0.373 e. The van der Waals surface area contributed by atoms with Crippen molar-refractivity contribution in [3.8, 4) is 0 Å². The van der Waals surface area contributed by atoms with Crippen molar-refractivity contribution in [1.82, 2.24) is 0 Å². The van der Waals surface area contributed by atoms with Gasteiger partial charge in [-0.05, 0) is 24.3 Å². The van der Waals surface area contributed by atoms with Crippen molar-refractivity contribution in [1.29, 1.82) is 0 Å². The first-order valence-electron chi connectivity index (χ1n) is 8.39. The van der Waals surface area contributed by atoms with Crippen LogP contribution in [0.15, 0.2) is 58.3 Å². The fourth-order valence-corrected chi connectivity index (χ4v) is 7.51. The van der Waals surface area contributed by atoms with E-state index in [2.05, 4.69) is 0 Å². The highest BCUT2D eigenvalue weighted by molar-refractivity contribution is 7.85. The summed E-state index contributed by atoms with van der Waals surface area (Å²) in [6, 6.07) is 14.4. The molecule has 0 aliphatic heterocycles. The first-order chi connectivity index (χ1) is 13.5. The molecule has 0 saturated carbocycles. The second-order valence-corrected chi connectivity index (χ2v) is 13.0. The van der Waals surface area contributed by atoms with Crippen LogP contribution in [0.5, 0.6) is 0 Å². The molecule has 2 rings (SSSR count).